The predicted octanol–water partition coefficient (Wildman–Crippen LogP) is 3.52. The Kier molecular flexibility index (Phi) is 3.01. The van der Waals surface area contributed by atoms with Crippen molar-refractivity contribution in [1.82, 2.24) is 4.57 Å². The van der Waals surface area contributed by atoms with E-state index in [0.29, 0.717) is 6.42 Å². The summed E-state index contributed by atoms with van der Waals surface area (Å²) >= 11 is 6.14. The molecular formula is C13H14ClNO. The van der Waals surface area contributed by atoms with Crippen LogP contribution >= 0.6 is 11.6 Å². The molecule has 1 heterocycles. The third-order valence-corrected chi connectivity index (χ3v) is 3.27. The van der Waals surface area contributed by atoms with Crippen LogP contribution in [0.2, 0.25) is 5.02 Å². The van der Waals surface area contributed by atoms with Crippen LogP contribution in [-0.4, -0.2) is 10.9 Å². The molecular weight excluding hydrogens is 222 g/mol. The lowest BCUT2D eigenvalue weighted by Gasteiger charge is -2.11. The van der Waals surface area contributed by atoms with Crippen LogP contribution in [0.1, 0.15) is 24.8 Å². The van der Waals surface area contributed by atoms with Crippen molar-refractivity contribution in [2.75, 3.05) is 0 Å². The quantitative estimate of drug-likeness (QED) is 0.746. The van der Waals surface area contributed by atoms with E-state index in [4.69, 9.17) is 11.6 Å². The third kappa shape index (κ3) is 1.74. The smallest absolute Gasteiger partial charge is 0.120 e. The molecule has 0 bridgehead atoms. The molecule has 3 heteroatoms. The zero-order valence-corrected chi connectivity index (χ0v) is 10.2. The van der Waals surface area contributed by atoms with Gasteiger partial charge in [-0.15, -0.1) is 0 Å². The van der Waals surface area contributed by atoms with Crippen LogP contribution in [0.25, 0.3) is 10.9 Å². The Hall–Kier alpha value is -1.28. The topological polar surface area (TPSA) is 22.0 Å². The lowest BCUT2D eigenvalue weighted by Crippen LogP contribution is -1.98. The van der Waals surface area contributed by atoms with E-state index >= 15 is 0 Å². The van der Waals surface area contributed by atoms with Crippen molar-refractivity contribution in [2.45, 2.75) is 19.3 Å². The monoisotopic (exact) mass is 235 g/mol. The van der Waals surface area contributed by atoms with Crippen LogP contribution in [0.5, 0.6) is 0 Å². The van der Waals surface area contributed by atoms with E-state index in [0.717, 1.165) is 22.2 Å². The maximum absolute atomic E-state index is 10.6. The molecule has 0 fully saturated rings. The SMILES string of the molecule is CC(CC=O)c1cccc2c(Cl)cn(C)c12. The maximum Gasteiger partial charge on any atom is 0.120 e. The van der Waals surface area contributed by atoms with Gasteiger partial charge >= 0.3 is 0 Å². The van der Waals surface area contributed by atoms with Crippen LogP contribution in [0.4, 0.5) is 0 Å². The summed E-state index contributed by atoms with van der Waals surface area (Å²) in [5, 5.41) is 1.82. The van der Waals surface area contributed by atoms with Gasteiger partial charge in [-0.05, 0) is 11.5 Å². The molecule has 0 amide bonds. The van der Waals surface area contributed by atoms with E-state index in [-0.39, 0.29) is 5.92 Å². The Morgan fingerprint density at radius 1 is 1.50 bits per heavy atom. The van der Waals surface area contributed by atoms with Gasteiger partial charge in [-0.3, -0.25) is 0 Å². The summed E-state index contributed by atoms with van der Waals surface area (Å²) in [4.78, 5) is 10.6. The van der Waals surface area contributed by atoms with Gasteiger partial charge in [0.2, 0.25) is 0 Å². The van der Waals surface area contributed by atoms with Gasteiger partial charge in [0.05, 0.1) is 10.5 Å². The molecule has 0 saturated heterocycles. The van der Waals surface area contributed by atoms with Gasteiger partial charge in [-0.25, -0.2) is 0 Å². The van der Waals surface area contributed by atoms with Gasteiger partial charge in [-0.2, -0.15) is 0 Å². The van der Waals surface area contributed by atoms with Gasteiger partial charge in [-0.1, -0.05) is 36.7 Å². The number of hydrogen-bond donors (Lipinski definition) is 0. The molecule has 0 saturated carbocycles. The molecule has 0 aliphatic carbocycles. The number of nitrogens with zero attached hydrogens (tertiary/aromatic N) is 1. The highest BCUT2D eigenvalue weighted by Crippen LogP contribution is 2.32. The van der Waals surface area contributed by atoms with Crippen molar-refractivity contribution < 1.29 is 4.79 Å². The summed E-state index contributed by atoms with van der Waals surface area (Å²) in [7, 11) is 1.98. The lowest BCUT2D eigenvalue weighted by molar-refractivity contribution is -0.108. The Balaban J connectivity index is 2.65. The number of carbonyl (C=O) groups excluding carboxylic acids is 1. The molecule has 2 nitrogen and oxygen atoms in total. The predicted molar refractivity (Wildman–Crippen MR) is 67.0 cm³/mol. The number of aldehydes is 1. The largest absolute Gasteiger partial charge is 0.349 e. The van der Waals surface area contributed by atoms with E-state index in [9.17, 15) is 4.79 Å². The molecule has 1 aromatic carbocycles. The van der Waals surface area contributed by atoms with E-state index in [1.165, 1.54) is 5.56 Å². The summed E-state index contributed by atoms with van der Waals surface area (Å²) in [6, 6.07) is 6.06. The van der Waals surface area contributed by atoms with Crippen molar-refractivity contribution >= 4 is 28.8 Å². The molecule has 1 unspecified atom stereocenters. The number of hydrogen-bond acceptors (Lipinski definition) is 1. The van der Waals surface area contributed by atoms with Crippen molar-refractivity contribution in [3.05, 3.63) is 35.0 Å². The first-order chi connectivity index (χ1) is 7.65. The Bertz CT molecular complexity index is 530. The summed E-state index contributed by atoms with van der Waals surface area (Å²) in [6.45, 7) is 2.06. The lowest BCUT2D eigenvalue weighted by atomic mass is 9.96. The van der Waals surface area contributed by atoms with Gasteiger partial charge in [0, 0.05) is 25.1 Å². The van der Waals surface area contributed by atoms with Gasteiger partial charge in [0.1, 0.15) is 6.29 Å². The van der Waals surface area contributed by atoms with Crippen LogP contribution in [0, 0.1) is 0 Å². The Morgan fingerprint density at radius 3 is 2.94 bits per heavy atom. The fourth-order valence-corrected chi connectivity index (χ4v) is 2.42. The Morgan fingerprint density at radius 2 is 2.25 bits per heavy atom. The zero-order chi connectivity index (χ0) is 11.7. The minimum atomic E-state index is 0.228. The number of carbonyl (C=O) groups is 1. The normalized spacial score (nSPS) is 12.9. The molecule has 1 aromatic heterocycles. The first kappa shape index (κ1) is 11.2. The molecule has 84 valence electrons. The number of para-hydroxylation sites is 1. The molecule has 2 aromatic rings. The van der Waals surface area contributed by atoms with Crippen molar-refractivity contribution in [1.29, 1.82) is 0 Å². The average Bonchev–Trinajstić information content (AvgIpc) is 2.55. The second-order valence-corrected chi connectivity index (χ2v) is 4.54. The second kappa shape index (κ2) is 4.30. The second-order valence-electron chi connectivity index (χ2n) is 4.13. The molecule has 2 rings (SSSR count). The molecule has 0 spiro atoms. The van der Waals surface area contributed by atoms with E-state index in [1.807, 2.05) is 29.9 Å². The maximum atomic E-state index is 10.6. The first-order valence-corrected chi connectivity index (χ1v) is 5.70. The van der Waals surface area contributed by atoms with Gasteiger partial charge in [0.25, 0.3) is 0 Å². The molecule has 0 aliphatic heterocycles. The van der Waals surface area contributed by atoms with Crippen molar-refractivity contribution in [2.24, 2.45) is 7.05 Å². The van der Waals surface area contributed by atoms with Crippen LogP contribution < -0.4 is 0 Å². The molecule has 1 atom stereocenters. The van der Waals surface area contributed by atoms with Gasteiger partial charge < -0.3 is 9.36 Å². The molecule has 16 heavy (non-hydrogen) atoms. The first-order valence-electron chi connectivity index (χ1n) is 5.32. The molecule has 0 N–H and O–H groups in total. The zero-order valence-electron chi connectivity index (χ0n) is 9.40. The number of aromatic nitrogens is 1. The number of rotatable bonds is 3. The van der Waals surface area contributed by atoms with E-state index < -0.39 is 0 Å². The molecule has 0 radical (unpaired) electrons. The van der Waals surface area contributed by atoms with E-state index in [2.05, 4.69) is 13.0 Å². The van der Waals surface area contributed by atoms with Crippen LogP contribution in [-0.2, 0) is 11.8 Å². The van der Waals surface area contributed by atoms with Gasteiger partial charge in [0.15, 0.2) is 0 Å². The summed E-state index contributed by atoms with van der Waals surface area (Å²) in [6.07, 6.45) is 3.42. The summed E-state index contributed by atoms with van der Waals surface area (Å²) < 4.78 is 2.02. The van der Waals surface area contributed by atoms with Crippen molar-refractivity contribution in [3.8, 4) is 0 Å². The summed E-state index contributed by atoms with van der Waals surface area (Å²) in [5.41, 5.74) is 2.31. The number of aryl methyl sites for hydroxylation is 1. The minimum absolute atomic E-state index is 0.228. The fourth-order valence-electron chi connectivity index (χ4n) is 2.12. The van der Waals surface area contributed by atoms with Crippen molar-refractivity contribution in [3.63, 3.8) is 0 Å². The summed E-state index contributed by atoms with van der Waals surface area (Å²) in [5.74, 6) is 0.228. The van der Waals surface area contributed by atoms with Crippen LogP contribution in [0.3, 0.4) is 0 Å². The highest BCUT2D eigenvalue weighted by molar-refractivity contribution is 6.35. The average molecular weight is 236 g/mol. The number of fused-ring (bicyclic) bond motifs is 1. The highest BCUT2D eigenvalue weighted by atomic mass is 35.5. The Labute approximate surface area is 99.8 Å². The van der Waals surface area contributed by atoms with E-state index in [1.54, 1.807) is 0 Å². The fraction of sp³-hybridized carbons (Fsp3) is 0.308. The number of benzene rings is 1. The standard InChI is InChI=1S/C13H14ClNO/c1-9(6-7-16)10-4-3-5-11-12(14)8-15(2)13(10)11/h3-5,7-9H,6H2,1-2H3. The minimum Gasteiger partial charge on any atom is -0.349 e. The third-order valence-electron chi connectivity index (χ3n) is 2.96. The highest BCUT2D eigenvalue weighted by Gasteiger charge is 2.13. The number of halogens is 1. The van der Waals surface area contributed by atoms with Crippen LogP contribution in [0.15, 0.2) is 24.4 Å². The molecule has 0 aliphatic rings.